The highest BCUT2D eigenvalue weighted by Gasteiger charge is 2.14. The van der Waals surface area contributed by atoms with Gasteiger partial charge in [-0.15, -0.1) is 0 Å². The second-order valence-electron chi connectivity index (χ2n) is 6.37. The van der Waals surface area contributed by atoms with E-state index in [1.165, 1.54) is 6.07 Å². The maximum Gasteiger partial charge on any atom is 0.257 e. The fourth-order valence-electron chi connectivity index (χ4n) is 3.11. The number of carbonyl (C=O) groups is 1. The summed E-state index contributed by atoms with van der Waals surface area (Å²) in [6.45, 7) is 4.18. The van der Waals surface area contributed by atoms with Crippen LogP contribution in [0.1, 0.15) is 22.4 Å². The van der Waals surface area contributed by atoms with Crippen LogP contribution in [0, 0.1) is 31.0 Å². The Morgan fingerprint density at radius 2 is 1.96 bits per heavy atom. The predicted molar refractivity (Wildman–Crippen MR) is 101 cm³/mol. The Kier molecular flexibility index (Phi) is 5.41. The number of halogens is 1. The molecule has 2 aromatic carbocycles. The van der Waals surface area contributed by atoms with Crippen molar-refractivity contribution in [3.63, 3.8) is 0 Å². The standard InChI is InChI=1S/C21H20FN3O2/c1-13-3-8-18(22)21-20(13)17(14(2)25-21)9-10-24-19(26)12-27-16-6-4-15(11-23)5-7-16/h3-8,25H,9-10,12H2,1-2H3,(H,24,26). The number of nitrogens with zero attached hydrogens (tertiary/aromatic N) is 1. The number of hydrogen-bond donors (Lipinski definition) is 2. The SMILES string of the molecule is Cc1[nH]c2c(F)ccc(C)c2c1CCNC(=O)COc1ccc(C#N)cc1. The third-order valence-electron chi connectivity index (χ3n) is 4.48. The second-order valence-corrected chi connectivity index (χ2v) is 6.37. The van der Waals surface area contributed by atoms with Crippen LogP contribution in [-0.4, -0.2) is 24.0 Å². The normalized spacial score (nSPS) is 10.6. The molecule has 0 bridgehead atoms. The van der Waals surface area contributed by atoms with Crippen molar-refractivity contribution in [3.8, 4) is 11.8 Å². The minimum Gasteiger partial charge on any atom is -0.484 e. The van der Waals surface area contributed by atoms with Crippen LogP contribution in [0.3, 0.4) is 0 Å². The quantitative estimate of drug-likeness (QED) is 0.701. The van der Waals surface area contributed by atoms with Gasteiger partial charge < -0.3 is 15.0 Å². The first-order valence-corrected chi connectivity index (χ1v) is 8.65. The number of H-pyrrole nitrogens is 1. The number of carbonyl (C=O) groups excluding carboxylic acids is 1. The molecule has 3 rings (SSSR count). The fourth-order valence-corrected chi connectivity index (χ4v) is 3.11. The molecule has 1 heterocycles. The number of fused-ring (bicyclic) bond motifs is 1. The Bertz CT molecular complexity index is 1020. The van der Waals surface area contributed by atoms with Gasteiger partial charge in [-0.25, -0.2) is 4.39 Å². The molecule has 27 heavy (non-hydrogen) atoms. The van der Waals surface area contributed by atoms with Gasteiger partial charge in [-0.1, -0.05) is 6.07 Å². The Balaban J connectivity index is 1.56. The highest BCUT2D eigenvalue weighted by molar-refractivity contribution is 5.88. The van der Waals surface area contributed by atoms with E-state index in [4.69, 9.17) is 10.00 Å². The summed E-state index contributed by atoms with van der Waals surface area (Å²) in [6, 6.07) is 11.8. The third-order valence-corrected chi connectivity index (χ3v) is 4.48. The molecule has 0 fully saturated rings. The maximum atomic E-state index is 14.0. The zero-order valence-electron chi connectivity index (χ0n) is 15.2. The summed E-state index contributed by atoms with van der Waals surface area (Å²) < 4.78 is 19.4. The van der Waals surface area contributed by atoms with Crippen molar-refractivity contribution in [2.75, 3.05) is 13.2 Å². The average Bonchev–Trinajstić information content (AvgIpc) is 3.01. The molecule has 0 radical (unpaired) electrons. The molecule has 0 aliphatic heterocycles. The lowest BCUT2D eigenvalue weighted by molar-refractivity contribution is -0.123. The number of rotatable bonds is 6. The summed E-state index contributed by atoms with van der Waals surface area (Å²) in [7, 11) is 0. The molecule has 5 nitrogen and oxygen atoms in total. The Hall–Kier alpha value is -3.33. The lowest BCUT2D eigenvalue weighted by Gasteiger charge is -2.08. The van der Waals surface area contributed by atoms with Gasteiger partial charge in [0.05, 0.1) is 17.1 Å². The van der Waals surface area contributed by atoms with Gasteiger partial charge in [-0.3, -0.25) is 4.79 Å². The van der Waals surface area contributed by atoms with Crippen molar-refractivity contribution in [1.29, 1.82) is 5.26 Å². The Labute approximate surface area is 156 Å². The number of aryl methyl sites for hydroxylation is 2. The highest BCUT2D eigenvalue weighted by Crippen LogP contribution is 2.27. The van der Waals surface area contributed by atoms with Gasteiger partial charge in [0.25, 0.3) is 5.91 Å². The van der Waals surface area contributed by atoms with Crippen LogP contribution in [0.15, 0.2) is 36.4 Å². The van der Waals surface area contributed by atoms with Gasteiger partial charge in [0.15, 0.2) is 6.61 Å². The van der Waals surface area contributed by atoms with Crippen LogP contribution in [-0.2, 0) is 11.2 Å². The van der Waals surface area contributed by atoms with Crippen molar-refractivity contribution in [3.05, 3.63) is 64.6 Å². The first-order valence-electron chi connectivity index (χ1n) is 8.65. The molecule has 0 spiro atoms. The van der Waals surface area contributed by atoms with Crippen LogP contribution >= 0.6 is 0 Å². The molecular formula is C21H20FN3O2. The van der Waals surface area contributed by atoms with E-state index in [9.17, 15) is 9.18 Å². The minimum absolute atomic E-state index is 0.105. The molecule has 0 atom stereocenters. The Morgan fingerprint density at radius 3 is 2.67 bits per heavy atom. The monoisotopic (exact) mass is 365 g/mol. The van der Waals surface area contributed by atoms with Gasteiger partial charge in [0, 0.05) is 17.6 Å². The second kappa shape index (κ2) is 7.92. The molecule has 0 aliphatic rings. The summed E-state index contributed by atoms with van der Waals surface area (Å²) in [4.78, 5) is 15.1. The van der Waals surface area contributed by atoms with Gasteiger partial charge in [0.1, 0.15) is 11.6 Å². The van der Waals surface area contributed by atoms with Crippen LogP contribution in [0.4, 0.5) is 4.39 Å². The molecule has 6 heteroatoms. The van der Waals surface area contributed by atoms with E-state index in [0.717, 1.165) is 22.2 Å². The molecule has 1 aromatic heterocycles. The van der Waals surface area contributed by atoms with Gasteiger partial charge >= 0.3 is 0 Å². The molecule has 0 saturated carbocycles. The van der Waals surface area contributed by atoms with Crippen molar-refractivity contribution in [2.24, 2.45) is 0 Å². The van der Waals surface area contributed by atoms with Crippen LogP contribution in [0.5, 0.6) is 5.75 Å². The number of aromatic nitrogens is 1. The smallest absolute Gasteiger partial charge is 0.257 e. The first kappa shape index (κ1) is 18.5. The fraction of sp³-hybridized carbons (Fsp3) is 0.238. The number of nitriles is 1. The number of amides is 1. The summed E-state index contributed by atoms with van der Waals surface area (Å²) in [6.07, 6.45) is 0.596. The predicted octanol–water partition coefficient (Wildman–Crippen LogP) is 3.53. The summed E-state index contributed by atoms with van der Waals surface area (Å²) in [5.41, 5.74) is 3.96. The molecule has 3 aromatic rings. The number of hydrogen-bond acceptors (Lipinski definition) is 3. The van der Waals surface area contributed by atoms with E-state index in [-0.39, 0.29) is 18.3 Å². The van der Waals surface area contributed by atoms with Gasteiger partial charge in [0.2, 0.25) is 0 Å². The number of ether oxygens (including phenoxy) is 1. The zero-order chi connectivity index (χ0) is 19.4. The van der Waals surface area contributed by atoms with Crippen LogP contribution in [0.2, 0.25) is 0 Å². The molecule has 0 aliphatic carbocycles. The lowest BCUT2D eigenvalue weighted by atomic mass is 10.0. The van der Waals surface area contributed by atoms with Crippen LogP contribution < -0.4 is 10.1 Å². The average molecular weight is 365 g/mol. The topological polar surface area (TPSA) is 77.9 Å². The molecule has 2 N–H and O–H groups in total. The largest absolute Gasteiger partial charge is 0.484 e. The zero-order valence-corrected chi connectivity index (χ0v) is 15.2. The molecule has 138 valence electrons. The molecule has 0 unspecified atom stereocenters. The lowest BCUT2D eigenvalue weighted by Crippen LogP contribution is -2.30. The minimum atomic E-state index is -0.273. The highest BCUT2D eigenvalue weighted by atomic mass is 19.1. The summed E-state index contributed by atoms with van der Waals surface area (Å²) in [5.74, 6) is 0.0206. The van der Waals surface area contributed by atoms with E-state index >= 15 is 0 Å². The van der Waals surface area contributed by atoms with Crippen molar-refractivity contribution >= 4 is 16.8 Å². The van der Waals surface area contributed by atoms with E-state index in [2.05, 4.69) is 10.3 Å². The first-order chi connectivity index (χ1) is 13.0. The summed E-state index contributed by atoms with van der Waals surface area (Å²) >= 11 is 0. The third kappa shape index (κ3) is 4.09. The number of benzene rings is 2. The van der Waals surface area contributed by atoms with E-state index in [1.807, 2.05) is 19.9 Å². The van der Waals surface area contributed by atoms with Crippen molar-refractivity contribution in [2.45, 2.75) is 20.3 Å². The van der Waals surface area contributed by atoms with E-state index < -0.39 is 0 Å². The molecule has 1 amide bonds. The molecule has 0 saturated heterocycles. The molecular weight excluding hydrogens is 345 g/mol. The van der Waals surface area contributed by atoms with Crippen LogP contribution in [0.25, 0.3) is 10.9 Å². The summed E-state index contributed by atoms with van der Waals surface area (Å²) in [5, 5.41) is 12.5. The number of nitrogens with one attached hydrogen (secondary N) is 2. The van der Waals surface area contributed by atoms with Crippen molar-refractivity contribution in [1.82, 2.24) is 10.3 Å². The van der Waals surface area contributed by atoms with E-state index in [0.29, 0.717) is 29.8 Å². The Morgan fingerprint density at radius 1 is 1.22 bits per heavy atom. The van der Waals surface area contributed by atoms with Gasteiger partial charge in [-0.05, 0) is 61.7 Å². The van der Waals surface area contributed by atoms with Crippen molar-refractivity contribution < 1.29 is 13.9 Å². The number of aromatic amines is 1. The van der Waals surface area contributed by atoms with Gasteiger partial charge in [-0.2, -0.15) is 5.26 Å². The van der Waals surface area contributed by atoms with E-state index in [1.54, 1.807) is 30.3 Å². The maximum absolute atomic E-state index is 14.0.